The fraction of sp³-hybridized carbons (Fsp3) is 0.923. The monoisotopic (exact) mass is 255 g/mol. The van der Waals surface area contributed by atoms with Crippen LogP contribution in [-0.4, -0.2) is 67.1 Å². The van der Waals surface area contributed by atoms with Gasteiger partial charge in [-0.05, 0) is 27.3 Å². The van der Waals surface area contributed by atoms with Crippen molar-refractivity contribution >= 4 is 5.96 Å². The highest BCUT2D eigenvalue weighted by Gasteiger charge is 2.14. The molecule has 1 rings (SSSR count). The van der Waals surface area contributed by atoms with Gasteiger partial charge in [0, 0.05) is 38.3 Å². The largest absolute Gasteiger partial charge is 0.370 e. The van der Waals surface area contributed by atoms with E-state index in [1.807, 2.05) is 0 Å². The van der Waals surface area contributed by atoms with Crippen molar-refractivity contribution in [1.82, 2.24) is 15.1 Å². The minimum absolute atomic E-state index is 0.0136. The maximum absolute atomic E-state index is 5.83. The highest BCUT2D eigenvalue weighted by Crippen LogP contribution is 2.00. The summed E-state index contributed by atoms with van der Waals surface area (Å²) in [6.07, 6.45) is 0. The molecule has 18 heavy (non-hydrogen) atoms. The summed E-state index contributed by atoms with van der Waals surface area (Å²) in [5.41, 5.74) is 5.82. The molecule has 1 fully saturated rings. The summed E-state index contributed by atoms with van der Waals surface area (Å²) < 4.78 is 0. The van der Waals surface area contributed by atoms with Gasteiger partial charge in [-0.3, -0.25) is 9.89 Å². The van der Waals surface area contributed by atoms with Crippen molar-refractivity contribution < 1.29 is 0 Å². The maximum Gasteiger partial charge on any atom is 0.189 e. The molecule has 0 amide bonds. The molecule has 5 heteroatoms. The summed E-state index contributed by atoms with van der Waals surface area (Å²) in [4.78, 5) is 9.31. The molecule has 106 valence electrons. The maximum atomic E-state index is 5.83. The predicted molar refractivity (Wildman–Crippen MR) is 77.9 cm³/mol. The minimum atomic E-state index is -0.0136. The molecular formula is C13H29N5. The van der Waals surface area contributed by atoms with Crippen LogP contribution in [0.25, 0.3) is 0 Å². The Kier molecular flexibility index (Phi) is 5.88. The zero-order chi connectivity index (χ0) is 13.6. The lowest BCUT2D eigenvalue weighted by atomic mass is 10.1. The van der Waals surface area contributed by atoms with E-state index in [2.05, 4.69) is 47.8 Å². The summed E-state index contributed by atoms with van der Waals surface area (Å²) in [7, 11) is 0. The number of piperazine rings is 1. The second-order valence-electron chi connectivity index (χ2n) is 5.92. The highest BCUT2D eigenvalue weighted by atomic mass is 15.3. The first-order valence-electron chi connectivity index (χ1n) is 6.93. The molecular weight excluding hydrogens is 226 g/mol. The highest BCUT2D eigenvalue weighted by molar-refractivity contribution is 5.78. The van der Waals surface area contributed by atoms with E-state index < -0.39 is 0 Å². The molecule has 0 aromatic heterocycles. The molecule has 0 aromatic rings. The number of hydrogen-bond acceptors (Lipinski definition) is 3. The molecule has 0 unspecified atom stereocenters. The average Bonchev–Trinajstić information content (AvgIpc) is 2.27. The number of nitrogens with one attached hydrogen (secondary N) is 1. The Balaban J connectivity index is 2.20. The third-order valence-electron chi connectivity index (χ3n) is 3.11. The van der Waals surface area contributed by atoms with Crippen LogP contribution < -0.4 is 11.1 Å². The van der Waals surface area contributed by atoms with Crippen LogP contribution in [-0.2, 0) is 0 Å². The molecule has 0 aliphatic carbocycles. The van der Waals surface area contributed by atoms with Gasteiger partial charge >= 0.3 is 0 Å². The van der Waals surface area contributed by atoms with Gasteiger partial charge < -0.3 is 16.0 Å². The third-order valence-corrected chi connectivity index (χ3v) is 3.11. The Labute approximate surface area is 111 Å². The Morgan fingerprint density at radius 1 is 1.17 bits per heavy atom. The van der Waals surface area contributed by atoms with Crippen LogP contribution >= 0.6 is 0 Å². The van der Waals surface area contributed by atoms with Crippen molar-refractivity contribution in [2.24, 2.45) is 10.7 Å². The second kappa shape index (κ2) is 6.95. The van der Waals surface area contributed by atoms with Crippen molar-refractivity contribution in [1.29, 1.82) is 0 Å². The summed E-state index contributed by atoms with van der Waals surface area (Å²) >= 11 is 0. The lowest BCUT2D eigenvalue weighted by Gasteiger charge is -2.33. The van der Waals surface area contributed by atoms with E-state index in [4.69, 9.17) is 5.73 Å². The standard InChI is InChI=1S/C13H29N5/c1-5-17-8-10-18(11-9-17)7-6-15-12(14)16-13(2,3)4/h5-11H2,1-4H3,(H3,14,15,16). The van der Waals surface area contributed by atoms with E-state index >= 15 is 0 Å². The Bertz CT molecular complexity index is 261. The van der Waals surface area contributed by atoms with Crippen molar-refractivity contribution in [3.63, 3.8) is 0 Å². The molecule has 0 spiro atoms. The number of aliphatic imine (C=N–C) groups is 1. The van der Waals surface area contributed by atoms with Gasteiger partial charge in [0.1, 0.15) is 0 Å². The summed E-state index contributed by atoms with van der Waals surface area (Å²) in [6.45, 7) is 16.1. The van der Waals surface area contributed by atoms with Gasteiger partial charge in [0.15, 0.2) is 5.96 Å². The number of rotatable bonds is 4. The molecule has 0 radical (unpaired) electrons. The summed E-state index contributed by atoms with van der Waals surface area (Å²) in [6, 6.07) is 0. The summed E-state index contributed by atoms with van der Waals surface area (Å²) in [5, 5.41) is 3.17. The van der Waals surface area contributed by atoms with Crippen LogP contribution in [0, 0.1) is 0 Å². The van der Waals surface area contributed by atoms with E-state index in [-0.39, 0.29) is 5.54 Å². The predicted octanol–water partition coefficient (Wildman–Crippen LogP) is 0.327. The molecule has 0 bridgehead atoms. The van der Waals surface area contributed by atoms with Crippen LogP contribution in [0.1, 0.15) is 27.7 Å². The minimum Gasteiger partial charge on any atom is -0.370 e. The normalized spacial score (nSPS) is 20.1. The summed E-state index contributed by atoms with van der Waals surface area (Å²) in [5.74, 6) is 0.551. The van der Waals surface area contributed by atoms with Gasteiger partial charge in [0.25, 0.3) is 0 Å². The van der Waals surface area contributed by atoms with Gasteiger partial charge in [0.2, 0.25) is 0 Å². The van der Waals surface area contributed by atoms with E-state index in [1.165, 1.54) is 13.1 Å². The first-order chi connectivity index (χ1) is 8.40. The van der Waals surface area contributed by atoms with Gasteiger partial charge in [-0.2, -0.15) is 0 Å². The average molecular weight is 255 g/mol. The van der Waals surface area contributed by atoms with Crippen LogP contribution in [0.5, 0.6) is 0 Å². The lowest BCUT2D eigenvalue weighted by Crippen LogP contribution is -2.47. The van der Waals surface area contributed by atoms with Gasteiger partial charge in [-0.15, -0.1) is 0 Å². The van der Waals surface area contributed by atoms with Crippen molar-refractivity contribution in [3.05, 3.63) is 0 Å². The number of nitrogens with two attached hydrogens (primary N) is 1. The fourth-order valence-corrected chi connectivity index (χ4v) is 2.06. The first-order valence-corrected chi connectivity index (χ1v) is 6.93. The Morgan fingerprint density at radius 3 is 2.22 bits per heavy atom. The van der Waals surface area contributed by atoms with Crippen molar-refractivity contribution in [2.75, 3.05) is 45.8 Å². The molecule has 0 aromatic carbocycles. The Morgan fingerprint density at radius 2 is 1.72 bits per heavy atom. The first kappa shape index (κ1) is 15.2. The number of likely N-dealkylation sites (N-methyl/N-ethyl adjacent to an activating group) is 1. The van der Waals surface area contributed by atoms with Crippen molar-refractivity contribution in [2.45, 2.75) is 33.2 Å². The van der Waals surface area contributed by atoms with Crippen LogP contribution in [0.4, 0.5) is 0 Å². The Hall–Kier alpha value is -0.810. The molecule has 1 heterocycles. The van der Waals surface area contributed by atoms with E-state index in [0.717, 1.165) is 32.7 Å². The second-order valence-corrected chi connectivity index (χ2v) is 5.92. The third kappa shape index (κ3) is 6.21. The zero-order valence-electron chi connectivity index (χ0n) is 12.4. The molecule has 3 N–H and O–H groups in total. The number of nitrogens with zero attached hydrogens (tertiary/aromatic N) is 3. The van der Waals surface area contributed by atoms with Gasteiger partial charge in [-0.25, -0.2) is 0 Å². The van der Waals surface area contributed by atoms with Gasteiger partial charge in [-0.1, -0.05) is 6.92 Å². The van der Waals surface area contributed by atoms with Gasteiger partial charge in [0.05, 0.1) is 6.54 Å². The number of hydrogen-bond donors (Lipinski definition) is 2. The van der Waals surface area contributed by atoms with E-state index in [0.29, 0.717) is 5.96 Å². The quantitative estimate of drug-likeness (QED) is 0.561. The molecule has 0 atom stereocenters. The molecule has 5 nitrogen and oxygen atoms in total. The molecule has 1 aliphatic heterocycles. The van der Waals surface area contributed by atoms with Crippen molar-refractivity contribution in [3.8, 4) is 0 Å². The lowest BCUT2D eigenvalue weighted by molar-refractivity contribution is 0.140. The zero-order valence-corrected chi connectivity index (χ0v) is 12.4. The van der Waals surface area contributed by atoms with Crippen LogP contribution in [0.15, 0.2) is 4.99 Å². The topological polar surface area (TPSA) is 56.9 Å². The van der Waals surface area contributed by atoms with Crippen LogP contribution in [0.2, 0.25) is 0 Å². The van der Waals surface area contributed by atoms with E-state index in [1.54, 1.807) is 0 Å². The molecule has 1 saturated heterocycles. The fourth-order valence-electron chi connectivity index (χ4n) is 2.06. The SMILES string of the molecule is CCN1CCN(CCN=C(N)NC(C)(C)C)CC1. The smallest absolute Gasteiger partial charge is 0.189 e. The molecule has 0 saturated carbocycles. The molecule has 1 aliphatic rings. The number of guanidine groups is 1. The van der Waals surface area contributed by atoms with E-state index in [9.17, 15) is 0 Å². The van der Waals surface area contributed by atoms with Crippen LogP contribution in [0.3, 0.4) is 0 Å².